The van der Waals surface area contributed by atoms with Crippen molar-refractivity contribution in [3.05, 3.63) is 92.6 Å². The smallest absolute Gasteiger partial charge is 0.330 e. The fourth-order valence-electron chi connectivity index (χ4n) is 0.990. The van der Waals surface area contributed by atoms with Gasteiger partial charge in [0.05, 0.1) is 6.61 Å². The first-order valence-electron chi connectivity index (χ1n) is 8.27. The first kappa shape index (κ1) is 28.7. The molecule has 0 fully saturated rings. The van der Waals surface area contributed by atoms with Crippen molar-refractivity contribution in [2.45, 2.75) is 20.8 Å². The summed E-state index contributed by atoms with van der Waals surface area (Å²) >= 11 is 0. The van der Waals surface area contributed by atoms with Crippen LogP contribution >= 0.6 is 0 Å². The number of carbonyl (C=O) groups excluding carboxylic acids is 2. The molecule has 4 nitrogen and oxygen atoms in total. The highest BCUT2D eigenvalue weighted by atomic mass is 16.5. The van der Waals surface area contributed by atoms with E-state index < -0.39 is 5.97 Å². The minimum atomic E-state index is -0.412. The largest absolute Gasteiger partial charge is 0.463 e. The number of benzene rings is 1. The van der Waals surface area contributed by atoms with E-state index in [0.29, 0.717) is 6.61 Å². The maximum Gasteiger partial charge on any atom is 0.330 e. The molecule has 148 valence electrons. The zero-order valence-corrected chi connectivity index (χ0v) is 16.8. The molecule has 0 saturated carbocycles. The second kappa shape index (κ2) is 22.9. The van der Waals surface area contributed by atoms with Crippen molar-refractivity contribution in [3.63, 3.8) is 0 Å². The fraction of sp³-hybridized carbons (Fsp3) is 0.217. The normalized spacial score (nSPS) is 7.67. The summed E-state index contributed by atoms with van der Waals surface area (Å²) in [6, 6.07) is 10.0. The molecule has 0 spiro atoms. The lowest BCUT2D eigenvalue weighted by Gasteiger charge is -1.92. The Morgan fingerprint density at radius 1 is 0.926 bits per heavy atom. The number of hydrogen-bond donors (Lipinski definition) is 0. The van der Waals surface area contributed by atoms with E-state index in [1.165, 1.54) is 17.2 Å². The highest BCUT2D eigenvalue weighted by molar-refractivity contribution is 5.81. The Labute approximate surface area is 164 Å². The second-order valence-corrected chi connectivity index (χ2v) is 4.90. The standard InChI is InChI=1S/C8H8.C6H8O2.C5H8O2.C4H8/c1-2-8-6-4-3-5-7-8;1-3-5-8-6(7)4-2;1-3-5(6)7-4-2;1-4(2)3/h2-7H,1H2;3-4H,1-2,5H2;3H,1,4H2,2H3;1H2,2-3H3. The molecule has 0 unspecified atom stereocenters. The van der Waals surface area contributed by atoms with Gasteiger partial charge in [-0.05, 0) is 26.3 Å². The predicted molar refractivity (Wildman–Crippen MR) is 115 cm³/mol. The minimum Gasteiger partial charge on any atom is -0.463 e. The van der Waals surface area contributed by atoms with Crippen molar-refractivity contribution >= 4 is 18.0 Å². The number of ether oxygens (including phenoxy) is 2. The van der Waals surface area contributed by atoms with Crippen LogP contribution in [0.1, 0.15) is 26.3 Å². The van der Waals surface area contributed by atoms with Crippen molar-refractivity contribution in [2.24, 2.45) is 0 Å². The Balaban J connectivity index is -0.000000293. The number of carbonyl (C=O) groups is 2. The SMILES string of the molecule is C=C(C)C.C=CC(=O)OCC.C=CCOC(=O)C=C.C=Cc1ccccc1. The topological polar surface area (TPSA) is 52.6 Å². The van der Waals surface area contributed by atoms with Crippen molar-refractivity contribution < 1.29 is 19.1 Å². The summed E-state index contributed by atoms with van der Waals surface area (Å²) in [4.78, 5) is 20.3. The lowest BCUT2D eigenvalue weighted by molar-refractivity contribution is -0.137. The monoisotopic (exact) mass is 372 g/mol. The first-order chi connectivity index (χ1) is 12.8. The van der Waals surface area contributed by atoms with Crippen molar-refractivity contribution in [2.75, 3.05) is 13.2 Å². The van der Waals surface area contributed by atoms with Gasteiger partial charge in [-0.3, -0.25) is 0 Å². The molecule has 1 aromatic carbocycles. The van der Waals surface area contributed by atoms with Crippen molar-refractivity contribution in [1.82, 2.24) is 0 Å². The van der Waals surface area contributed by atoms with E-state index in [1.54, 1.807) is 6.92 Å². The number of esters is 2. The van der Waals surface area contributed by atoms with E-state index >= 15 is 0 Å². The van der Waals surface area contributed by atoms with Gasteiger partial charge in [0.15, 0.2) is 0 Å². The quantitative estimate of drug-likeness (QED) is 0.373. The van der Waals surface area contributed by atoms with Gasteiger partial charge in [-0.1, -0.05) is 74.4 Å². The summed E-state index contributed by atoms with van der Waals surface area (Å²) in [6.07, 6.45) is 5.59. The third kappa shape index (κ3) is 31.2. The molecule has 4 heteroatoms. The second-order valence-electron chi connectivity index (χ2n) is 4.90. The van der Waals surface area contributed by atoms with Crippen LogP contribution < -0.4 is 0 Å². The minimum absolute atomic E-state index is 0.255. The van der Waals surface area contributed by atoms with Crippen molar-refractivity contribution in [1.29, 1.82) is 0 Å². The average molecular weight is 373 g/mol. The third-order valence-electron chi connectivity index (χ3n) is 2.00. The molecule has 1 rings (SSSR count). The van der Waals surface area contributed by atoms with Crippen LogP contribution in [0.15, 0.2) is 87.0 Å². The molecule has 0 aliphatic rings. The molecule has 0 bridgehead atoms. The zero-order valence-electron chi connectivity index (χ0n) is 16.8. The molecule has 0 radical (unpaired) electrons. The Morgan fingerprint density at radius 3 is 1.63 bits per heavy atom. The van der Waals surface area contributed by atoms with E-state index in [1.807, 2.05) is 50.3 Å². The van der Waals surface area contributed by atoms with Crippen LogP contribution in [0.5, 0.6) is 0 Å². The molecule has 1 aromatic rings. The highest BCUT2D eigenvalue weighted by Crippen LogP contribution is 1.97. The van der Waals surface area contributed by atoms with Crippen LogP contribution in [0.2, 0.25) is 0 Å². The first-order valence-corrected chi connectivity index (χ1v) is 8.27. The van der Waals surface area contributed by atoms with Gasteiger partial charge in [-0.2, -0.15) is 0 Å². The molecule has 0 aromatic heterocycles. The molecule has 27 heavy (non-hydrogen) atoms. The maximum absolute atomic E-state index is 10.2. The van der Waals surface area contributed by atoms with Gasteiger partial charge in [-0.25, -0.2) is 9.59 Å². The third-order valence-corrected chi connectivity index (χ3v) is 2.00. The van der Waals surface area contributed by atoms with Crippen LogP contribution in [0.3, 0.4) is 0 Å². The van der Waals surface area contributed by atoms with Gasteiger partial charge in [0, 0.05) is 12.2 Å². The molecule has 0 aliphatic heterocycles. The molecule has 0 saturated heterocycles. The Morgan fingerprint density at radius 2 is 1.37 bits per heavy atom. The summed E-state index contributed by atoms with van der Waals surface area (Å²) < 4.78 is 8.90. The summed E-state index contributed by atoms with van der Waals surface area (Å²) in [6.45, 7) is 23.3. The van der Waals surface area contributed by atoms with E-state index in [-0.39, 0.29) is 12.6 Å². The van der Waals surface area contributed by atoms with Crippen LogP contribution in [-0.2, 0) is 19.1 Å². The van der Waals surface area contributed by atoms with Crippen molar-refractivity contribution in [3.8, 4) is 0 Å². The number of hydrogen-bond acceptors (Lipinski definition) is 4. The highest BCUT2D eigenvalue weighted by Gasteiger charge is 1.88. The van der Waals surface area contributed by atoms with Gasteiger partial charge in [0.25, 0.3) is 0 Å². The average Bonchev–Trinajstić information content (AvgIpc) is 2.67. The van der Waals surface area contributed by atoms with E-state index in [9.17, 15) is 9.59 Å². The summed E-state index contributed by atoms with van der Waals surface area (Å²) in [7, 11) is 0. The predicted octanol–water partition coefficient (Wildman–Crippen LogP) is 5.55. The molecule has 0 atom stereocenters. The van der Waals surface area contributed by atoms with Crippen LogP contribution in [0, 0.1) is 0 Å². The maximum atomic E-state index is 10.2. The molecule has 0 aliphatic carbocycles. The lowest BCUT2D eigenvalue weighted by Crippen LogP contribution is -1.98. The summed E-state index contributed by atoms with van der Waals surface area (Å²) in [5, 5.41) is 0. The lowest BCUT2D eigenvalue weighted by atomic mass is 10.2. The molecule has 0 amide bonds. The number of allylic oxidation sites excluding steroid dienone is 1. The van der Waals surface area contributed by atoms with E-state index in [4.69, 9.17) is 0 Å². The van der Waals surface area contributed by atoms with Gasteiger partial charge in [0.1, 0.15) is 6.61 Å². The number of rotatable bonds is 6. The molecular weight excluding hydrogens is 340 g/mol. The van der Waals surface area contributed by atoms with Crippen LogP contribution in [0.25, 0.3) is 6.08 Å². The molecule has 0 N–H and O–H groups in total. The molecule has 0 heterocycles. The van der Waals surface area contributed by atoms with Gasteiger partial charge >= 0.3 is 11.9 Å². The van der Waals surface area contributed by atoms with Crippen LogP contribution in [-0.4, -0.2) is 25.2 Å². The zero-order chi connectivity index (χ0) is 21.5. The van der Waals surface area contributed by atoms with E-state index in [0.717, 1.165) is 12.2 Å². The Bertz CT molecular complexity index is 567. The van der Waals surface area contributed by atoms with Gasteiger partial charge < -0.3 is 9.47 Å². The summed E-state index contributed by atoms with van der Waals surface area (Å²) in [5.74, 6) is -0.771. The summed E-state index contributed by atoms with van der Waals surface area (Å²) in [5.41, 5.74) is 2.34. The van der Waals surface area contributed by atoms with Gasteiger partial charge in [-0.15, -0.1) is 6.58 Å². The fourth-order valence-corrected chi connectivity index (χ4v) is 0.990. The van der Waals surface area contributed by atoms with E-state index in [2.05, 4.69) is 42.4 Å². The Hall–Kier alpha value is -3.14. The van der Waals surface area contributed by atoms with Gasteiger partial charge in [0.2, 0.25) is 0 Å². The molecular formula is C23H32O4. The Kier molecular flexibility index (Phi) is 24.3. The van der Waals surface area contributed by atoms with Crippen LogP contribution in [0.4, 0.5) is 0 Å².